The van der Waals surface area contributed by atoms with Crippen LogP contribution >= 0.6 is 12.2 Å². The average molecular weight is 266 g/mol. The maximum Gasteiger partial charge on any atom is 0.123 e. The molecular weight excluding hydrogens is 244 g/mol. The van der Waals surface area contributed by atoms with Crippen LogP contribution in [0.2, 0.25) is 0 Å². The van der Waals surface area contributed by atoms with Crippen LogP contribution in [0.3, 0.4) is 0 Å². The highest BCUT2D eigenvalue weighted by Crippen LogP contribution is 2.22. The third-order valence-corrected chi connectivity index (χ3v) is 3.56. The number of thiocarbonyl (C=S) groups is 1. The lowest BCUT2D eigenvalue weighted by atomic mass is 10.1. The van der Waals surface area contributed by atoms with E-state index in [4.69, 9.17) is 22.7 Å². The number of rotatable bonds is 6. The molecule has 0 aromatic heterocycles. The molecule has 0 aliphatic carbocycles. The lowest BCUT2D eigenvalue weighted by Gasteiger charge is -2.24. The molecule has 1 aromatic carbocycles. The summed E-state index contributed by atoms with van der Waals surface area (Å²) in [5.74, 6) is 0.880. The normalized spacial score (nSPS) is 12.5. The van der Waals surface area contributed by atoms with Crippen LogP contribution < -0.4 is 10.5 Å². The number of hydrogen-bond acceptors (Lipinski definition) is 3. The van der Waals surface area contributed by atoms with Crippen molar-refractivity contribution in [3.63, 3.8) is 0 Å². The number of nitrogens with two attached hydrogens (primary N) is 1. The molecule has 0 fully saturated rings. The summed E-state index contributed by atoms with van der Waals surface area (Å²) in [5, 5.41) is 0. The Morgan fingerprint density at radius 2 is 2.17 bits per heavy atom. The van der Waals surface area contributed by atoms with Gasteiger partial charge in [0.25, 0.3) is 0 Å². The summed E-state index contributed by atoms with van der Waals surface area (Å²) < 4.78 is 5.38. The van der Waals surface area contributed by atoms with Gasteiger partial charge in [-0.05, 0) is 38.6 Å². The minimum Gasteiger partial charge on any atom is -0.496 e. The van der Waals surface area contributed by atoms with Gasteiger partial charge in [0.15, 0.2) is 0 Å². The van der Waals surface area contributed by atoms with Gasteiger partial charge in [-0.25, -0.2) is 0 Å². The fourth-order valence-corrected chi connectivity index (χ4v) is 1.92. The van der Waals surface area contributed by atoms with Crippen molar-refractivity contribution in [1.29, 1.82) is 0 Å². The van der Waals surface area contributed by atoms with E-state index in [2.05, 4.69) is 25.8 Å². The quantitative estimate of drug-likeness (QED) is 0.803. The Kier molecular flexibility index (Phi) is 5.56. The van der Waals surface area contributed by atoms with Crippen LogP contribution in [-0.2, 0) is 6.54 Å². The molecule has 0 saturated heterocycles. The van der Waals surface area contributed by atoms with Gasteiger partial charge in [-0.1, -0.05) is 19.1 Å². The minimum atomic E-state index is 0.421. The number of hydrogen-bond donors (Lipinski definition) is 1. The lowest BCUT2D eigenvalue weighted by molar-refractivity contribution is 0.240. The maximum absolute atomic E-state index is 5.67. The Hall–Kier alpha value is -1.13. The molecule has 0 amide bonds. The molecule has 0 aliphatic rings. The number of ether oxygens (including phenoxy) is 1. The molecule has 18 heavy (non-hydrogen) atoms. The molecule has 1 rings (SSSR count). The van der Waals surface area contributed by atoms with Gasteiger partial charge in [0.05, 0.1) is 7.11 Å². The van der Waals surface area contributed by atoms with Gasteiger partial charge in [0.2, 0.25) is 0 Å². The van der Waals surface area contributed by atoms with Crippen LogP contribution in [-0.4, -0.2) is 30.1 Å². The van der Waals surface area contributed by atoms with Gasteiger partial charge in [-0.2, -0.15) is 0 Å². The van der Waals surface area contributed by atoms with E-state index in [9.17, 15) is 0 Å². The highest BCUT2D eigenvalue weighted by molar-refractivity contribution is 7.80. The minimum absolute atomic E-state index is 0.421. The van der Waals surface area contributed by atoms with Crippen LogP contribution in [0, 0.1) is 0 Å². The van der Waals surface area contributed by atoms with Crippen molar-refractivity contribution >= 4 is 17.2 Å². The summed E-state index contributed by atoms with van der Waals surface area (Å²) in [6.07, 6.45) is 1.12. The molecule has 1 unspecified atom stereocenters. The molecular formula is C14H22N2OS. The lowest BCUT2D eigenvalue weighted by Crippen LogP contribution is -2.28. The first kappa shape index (κ1) is 14.9. The largest absolute Gasteiger partial charge is 0.496 e. The highest BCUT2D eigenvalue weighted by atomic mass is 32.1. The second-order valence-corrected chi connectivity index (χ2v) is 5.00. The van der Waals surface area contributed by atoms with Gasteiger partial charge in [0, 0.05) is 23.7 Å². The first-order valence-corrected chi connectivity index (χ1v) is 6.57. The van der Waals surface area contributed by atoms with Gasteiger partial charge in [-0.3, -0.25) is 4.90 Å². The molecule has 1 atom stereocenters. The fraction of sp³-hybridized carbons (Fsp3) is 0.500. The van der Waals surface area contributed by atoms with E-state index in [1.54, 1.807) is 7.11 Å². The van der Waals surface area contributed by atoms with Gasteiger partial charge >= 0.3 is 0 Å². The van der Waals surface area contributed by atoms with E-state index >= 15 is 0 Å². The van der Waals surface area contributed by atoms with Crippen LogP contribution in [0.1, 0.15) is 31.4 Å². The number of benzene rings is 1. The summed E-state index contributed by atoms with van der Waals surface area (Å²) in [6.45, 7) is 5.22. The topological polar surface area (TPSA) is 38.5 Å². The smallest absolute Gasteiger partial charge is 0.123 e. The standard InChI is InChI=1S/C14H22N2OS/c1-5-10(2)16(3)9-12-8-11(14(15)18)6-7-13(12)17-4/h6-8,10H,5,9H2,1-4H3,(H2,15,18). The molecule has 1 aromatic rings. The molecule has 0 aliphatic heterocycles. The molecule has 0 radical (unpaired) electrons. The zero-order valence-corrected chi connectivity index (χ0v) is 12.4. The predicted octanol–water partition coefficient (Wildman–Crippen LogP) is 2.56. The Bertz CT molecular complexity index is 420. The van der Waals surface area contributed by atoms with E-state index in [0.29, 0.717) is 11.0 Å². The zero-order valence-electron chi connectivity index (χ0n) is 11.6. The molecule has 4 heteroatoms. The highest BCUT2D eigenvalue weighted by Gasteiger charge is 2.12. The van der Waals surface area contributed by atoms with Crippen LogP contribution in [0.15, 0.2) is 18.2 Å². The molecule has 100 valence electrons. The summed E-state index contributed by atoms with van der Waals surface area (Å²) in [5.41, 5.74) is 7.67. The first-order chi connectivity index (χ1) is 8.49. The van der Waals surface area contributed by atoms with E-state index < -0.39 is 0 Å². The molecule has 0 bridgehead atoms. The second-order valence-electron chi connectivity index (χ2n) is 4.56. The first-order valence-electron chi connectivity index (χ1n) is 6.16. The monoisotopic (exact) mass is 266 g/mol. The molecule has 0 saturated carbocycles. The van der Waals surface area contributed by atoms with E-state index in [-0.39, 0.29) is 0 Å². The van der Waals surface area contributed by atoms with Crippen molar-refractivity contribution in [3.8, 4) is 5.75 Å². The summed E-state index contributed by atoms with van der Waals surface area (Å²) >= 11 is 5.01. The van der Waals surface area contributed by atoms with Crippen molar-refractivity contribution in [2.45, 2.75) is 32.9 Å². The third kappa shape index (κ3) is 3.68. The Morgan fingerprint density at radius 1 is 1.50 bits per heavy atom. The van der Waals surface area contributed by atoms with Crippen molar-refractivity contribution in [2.75, 3.05) is 14.2 Å². The Labute approximate surface area is 115 Å². The third-order valence-electron chi connectivity index (χ3n) is 3.33. The number of methoxy groups -OCH3 is 1. The SMILES string of the molecule is CCC(C)N(C)Cc1cc(C(N)=S)ccc1OC. The number of nitrogens with zero attached hydrogens (tertiary/aromatic N) is 1. The molecule has 0 spiro atoms. The van der Waals surface area contributed by atoms with E-state index in [1.165, 1.54) is 0 Å². The van der Waals surface area contributed by atoms with Crippen molar-refractivity contribution < 1.29 is 4.74 Å². The van der Waals surface area contributed by atoms with Crippen molar-refractivity contribution in [1.82, 2.24) is 4.90 Å². The fourth-order valence-electron chi connectivity index (χ4n) is 1.79. The van der Waals surface area contributed by atoms with Crippen molar-refractivity contribution in [3.05, 3.63) is 29.3 Å². The zero-order chi connectivity index (χ0) is 13.7. The summed E-state index contributed by atoms with van der Waals surface area (Å²) in [6, 6.07) is 6.37. The second kappa shape index (κ2) is 6.71. The van der Waals surface area contributed by atoms with Crippen LogP contribution in [0.4, 0.5) is 0 Å². The van der Waals surface area contributed by atoms with Gasteiger partial charge in [-0.15, -0.1) is 0 Å². The van der Waals surface area contributed by atoms with E-state index in [0.717, 1.165) is 29.8 Å². The van der Waals surface area contributed by atoms with Crippen molar-refractivity contribution in [2.24, 2.45) is 5.73 Å². The van der Waals surface area contributed by atoms with E-state index in [1.807, 2.05) is 18.2 Å². The summed E-state index contributed by atoms with van der Waals surface area (Å²) in [7, 11) is 3.80. The van der Waals surface area contributed by atoms with Crippen LogP contribution in [0.5, 0.6) is 5.75 Å². The molecule has 2 N–H and O–H groups in total. The summed E-state index contributed by atoms with van der Waals surface area (Å²) in [4.78, 5) is 2.71. The maximum atomic E-state index is 5.67. The Balaban J connectivity index is 2.97. The Morgan fingerprint density at radius 3 is 2.67 bits per heavy atom. The predicted molar refractivity (Wildman–Crippen MR) is 80.1 cm³/mol. The molecule has 3 nitrogen and oxygen atoms in total. The van der Waals surface area contributed by atoms with Gasteiger partial charge in [0.1, 0.15) is 10.7 Å². The van der Waals surface area contributed by atoms with Gasteiger partial charge < -0.3 is 10.5 Å². The van der Waals surface area contributed by atoms with Crippen LogP contribution in [0.25, 0.3) is 0 Å². The average Bonchev–Trinajstić information content (AvgIpc) is 2.37. The molecule has 0 heterocycles.